The molecule has 3 aliphatic rings. The number of esters is 2. The van der Waals surface area contributed by atoms with Gasteiger partial charge in [0, 0.05) is 0 Å². The molecule has 5 nitrogen and oxygen atoms in total. The SMILES string of the molecule is COC(=O)C(OCC1=CCC2CC1C2(C)C)C(=O)OC. The van der Waals surface area contributed by atoms with Crippen molar-refractivity contribution in [2.24, 2.45) is 17.3 Å². The monoisotopic (exact) mass is 282 g/mol. The molecule has 0 aliphatic heterocycles. The lowest BCUT2D eigenvalue weighted by Crippen LogP contribution is -2.49. The molecular formula is C15H22O5. The Labute approximate surface area is 119 Å². The summed E-state index contributed by atoms with van der Waals surface area (Å²) in [6.07, 6.45) is 3.09. The summed E-state index contributed by atoms with van der Waals surface area (Å²) in [4.78, 5) is 23.1. The molecule has 3 rings (SSSR count). The van der Waals surface area contributed by atoms with Crippen LogP contribution in [0, 0.1) is 17.3 Å². The van der Waals surface area contributed by atoms with Gasteiger partial charge in [-0.15, -0.1) is 0 Å². The fourth-order valence-corrected chi connectivity index (χ4v) is 3.27. The first kappa shape index (κ1) is 15.0. The summed E-state index contributed by atoms with van der Waals surface area (Å²) in [7, 11) is 2.45. The van der Waals surface area contributed by atoms with Gasteiger partial charge in [-0.3, -0.25) is 0 Å². The van der Waals surface area contributed by atoms with Gasteiger partial charge < -0.3 is 14.2 Å². The van der Waals surface area contributed by atoms with Crippen LogP contribution in [0.4, 0.5) is 0 Å². The second-order valence-electron chi connectivity index (χ2n) is 6.06. The first-order valence-electron chi connectivity index (χ1n) is 6.88. The van der Waals surface area contributed by atoms with E-state index in [9.17, 15) is 9.59 Å². The van der Waals surface area contributed by atoms with Crippen molar-refractivity contribution in [1.82, 2.24) is 0 Å². The molecule has 0 aromatic carbocycles. The number of ether oxygens (including phenoxy) is 3. The maximum atomic E-state index is 11.5. The topological polar surface area (TPSA) is 61.8 Å². The molecular weight excluding hydrogens is 260 g/mol. The molecule has 1 saturated carbocycles. The second kappa shape index (κ2) is 5.56. The lowest BCUT2D eigenvalue weighted by Gasteiger charge is -2.56. The molecule has 0 N–H and O–H groups in total. The quantitative estimate of drug-likeness (QED) is 0.436. The van der Waals surface area contributed by atoms with Crippen molar-refractivity contribution in [2.75, 3.05) is 20.8 Å². The van der Waals surface area contributed by atoms with E-state index in [2.05, 4.69) is 29.4 Å². The van der Waals surface area contributed by atoms with Crippen LogP contribution in [-0.4, -0.2) is 38.9 Å². The van der Waals surface area contributed by atoms with Crippen LogP contribution in [0.25, 0.3) is 0 Å². The zero-order chi connectivity index (χ0) is 14.9. The van der Waals surface area contributed by atoms with E-state index in [1.807, 2.05) is 0 Å². The number of carbonyl (C=O) groups is 2. The maximum absolute atomic E-state index is 11.5. The molecule has 3 aliphatic carbocycles. The van der Waals surface area contributed by atoms with Crippen LogP contribution in [0.2, 0.25) is 0 Å². The van der Waals surface area contributed by atoms with Gasteiger partial charge in [0.05, 0.1) is 20.8 Å². The number of carbonyl (C=O) groups excluding carboxylic acids is 2. The Morgan fingerprint density at radius 3 is 2.35 bits per heavy atom. The number of fused-ring (bicyclic) bond motifs is 1. The number of hydrogen-bond acceptors (Lipinski definition) is 5. The molecule has 5 heteroatoms. The third-order valence-electron chi connectivity index (χ3n) is 4.83. The van der Waals surface area contributed by atoms with Crippen molar-refractivity contribution in [2.45, 2.75) is 32.8 Å². The highest BCUT2D eigenvalue weighted by atomic mass is 16.6. The lowest BCUT2D eigenvalue weighted by atomic mass is 9.49. The Morgan fingerprint density at radius 2 is 1.90 bits per heavy atom. The van der Waals surface area contributed by atoms with Gasteiger partial charge in [0.25, 0.3) is 6.10 Å². The average molecular weight is 282 g/mol. The zero-order valence-corrected chi connectivity index (χ0v) is 12.5. The molecule has 20 heavy (non-hydrogen) atoms. The highest BCUT2D eigenvalue weighted by Gasteiger charge is 2.51. The summed E-state index contributed by atoms with van der Waals surface area (Å²) in [6.45, 7) is 4.80. The summed E-state index contributed by atoms with van der Waals surface area (Å²) < 4.78 is 14.6. The highest BCUT2D eigenvalue weighted by molar-refractivity contribution is 5.97. The van der Waals surface area contributed by atoms with Gasteiger partial charge in [0.1, 0.15) is 0 Å². The molecule has 0 aromatic heterocycles. The number of hydrogen-bond donors (Lipinski definition) is 0. The van der Waals surface area contributed by atoms with Crippen molar-refractivity contribution in [1.29, 1.82) is 0 Å². The van der Waals surface area contributed by atoms with Gasteiger partial charge in [-0.1, -0.05) is 19.9 Å². The minimum absolute atomic E-state index is 0.273. The van der Waals surface area contributed by atoms with Gasteiger partial charge in [-0.05, 0) is 35.7 Å². The van der Waals surface area contributed by atoms with Crippen LogP contribution in [0.15, 0.2) is 11.6 Å². The molecule has 0 heterocycles. The van der Waals surface area contributed by atoms with Crippen LogP contribution >= 0.6 is 0 Å². The number of rotatable bonds is 5. The summed E-state index contributed by atoms with van der Waals surface area (Å²) in [5.74, 6) is -0.219. The third-order valence-corrected chi connectivity index (χ3v) is 4.83. The minimum atomic E-state index is -1.30. The van der Waals surface area contributed by atoms with Crippen LogP contribution in [0.1, 0.15) is 26.7 Å². The Morgan fingerprint density at radius 1 is 1.30 bits per heavy atom. The van der Waals surface area contributed by atoms with E-state index >= 15 is 0 Å². The largest absolute Gasteiger partial charge is 0.467 e. The van der Waals surface area contributed by atoms with Crippen LogP contribution in [0.3, 0.4) is 0 Å². The van der Waals surface area contributed by atoms with E-state index in [1.54, 1.807) is 0 Å². The number of allylic oxidation sites excluding steroid dienone is 1. The highest BCUT2D eigenvalue weighted by Crippen LogP contribution is 2.59. The summed E-state index contributed by atoms with van der Waals surface area (Å²) in [5.41, 5.74) is 1.47. The smallest absolute Gasteiger partial charge is 0.346 e. The molecule has 0 radical (unpaired) electrons. The predicted octanol–water partition coefficient (Wildman–Crippen LogP) is 1.71. The van der Waals surface area contributed by atoms with E-state index in [0.717, 1.165) is 12.3 Å². The van der Waals surface area contributed by atoms with E-state index in [-0.39, 0.29) is 6.61 Å². The van der Waals surface area contributed by atoms with E-state index < -0.39 is 18.0 Å². The molecule has 0 spiro atoms. The second-order valence-corrected chi connectivity index (χ2v) is 6.06. The summed E-state index contributed by atoms with van der Waals surface area (Å²) >= 11 is 0. The molecule has 1 fully saturated rings. The molecule has 0 aromatic rings. The number of methoxy groups -OCH3 is 2. The fraction of sp³-hybridized carbons (Fsp3) is 0.733. The predicted molar refractivity (Wildman–Crippen MR) is 71.9 cm³/mol. The van der Waals surface area contributed by atoms with Crippen molar-refractivity contribution in [3.8, 4) is 0 Å². The van der Waals surface area contributed by atoms with Gasteiger partial charge in [0.2, 0.25) is 0 Å². The molecule has 2 atom stereocenters. The molecule has 2 unspecified atom stereocenters. The maximum Gasteiger partial charge on any atom is 0.346 e. The van der Waals surface area contributed by atoms with Crippen molar-refractivity contribution in [3.63, 3.8) is 0 Å². The molecule has 0 saturated heterocycles. The van der Waals surface area contributed by atoms with Crippen molar-refractivity contribution < 1.29 is 23.8 Å². The molecule has 112 valence electrons. The van der Waals surface area contributed by atoms with Crippen LogP contribution in [0.5, 0.6) is 0 Å². The molecule has 2 bridgehead atoms. The Bertz CT molecular complexity index is 422. The third kappa shape index (κ3) is 2.46. The van der Waals surface area contributed by atoms with Crippen molar-refractivity contribution >= 4 is 11.9 Å². The lowest BCUT2D eigenvalue weighted by molar-refractivity contribution is -0.169. The zero-order valence-electron chi connectivity index (χ0n) is 12.5. The fourth-order valence-electron chi connectivity index (χ4n) is 3.27. The molecule has 0 amide bonds. The van der Waals surface area contributed by atoms with E-state index in [4.69, 9.17) is 4.74 Å². The Kier molecular flexibility index (Phi) is 4.18. The first-order chi connectivity index (χ1) is 9.41. The van der Waals surface area contributed by atoms with Gasteiger partial charge in [-0.2, -0.15) is 0 Å². The van der Waals surface area contributed by atoms with Crippen molar-refractivity contribution in [3.05, 3.63) is 11.6 Å². The van der Waals surface area contributed by atoms with E-state index in [1.165, 1.54) is 26.2 Å². The summed E-state index contributed by atoms with van der Waals surface area (Å²) in [5, 5.41) is 0. The van der Waals surface area contributed by atoms with E-state index in [0.29, 0.717) is 11.3 Å². The normalized spacial score (nSPS) is 26.6. The summed E-state index contributed by atoms with van der Waals surface area (Å²) in [6, 6.07) is 0. The minimum Gasteiger partial charge on any atom is -0.467 e. The standard InChI is InChI=1S/C15H22O5/c1-15(2)10-6-5-9(11(15)7-10)8-20-12(13(16)18-3)14(17)19-4/h5,10-12H,6-8H2,1-4H3. The van der Waals surface area contributed by atoms with Gasteiger partial charge in [0.15, 0.2) is 0 Å². The van der Waals surface area contributed by atoms with Crippen LogP contribution < -0.4 is 0 Å². The first-order valence-corrected chi connectivity index (χ1v) is 6.88. The van der Waals surface area contributed by atoms with Crippen LogP contribution in [-0.2, 0) is 23.8 Å². The Hall–Kier alpha value is -1.36. The Balaban J connectivity index is 1.98. The van der Waals surface area contributed by atoms with Gasteiger partial charge >= 0.3 is 11.9 Å². The van der Waals surface area contributed by atoms with Gasteiger partial charge in [-0.25, -0.2) is 9.59 Å². The average Bonchev–Trinajstić information content (AvgIpc) is 2.46.